The number of hydrogen-bond acceptors (Lipinski definition) is 4. The third-order valence-electron chi connectivity index (χ3n) is 1.89. The van der Waals surface area contributed by atoms with Crippen LogP contribution in [-0.2, 0) is 20.9 Å². The Morgan fingerprint density at radius 1 is 1.47 bits per heavy atom. The van der Waals surface area contributed by atoms with Gasteiger partial charge in [0.15, 0.2) is 0 Å². The van der Waals surface area contributed by atoms with Gasteiger partial charge in [-0.1, -0.05) is 6.07 Å². The Hall–Kier alpha value is -1.40. The topological polar surface area (TPSA) is 60.7 Å². The molecule has 2 rings (SSSR count). The lowest BCUT2D eigenvalue weighted by Gasteiger charge is -2.02. The van der Waals surface area contributed by atoms with Crippen LogP contribution in [0.4, 0.5) is 0 Å². The highest BCUT2D eigenvalue weighted by Crippen LogP contribution is 2.06. The molecule has 6 heteroatoms. The number of pyridine rings is 1. The molecule has 0 unspecified atom stereocenters. The lowest BCUT2D eigenvalue weighted by atomic mass is 10.3. The standard InChI is InChI=1S/C9H10N2O3S/c1-15(12,13)14-7-8-2-3-9-10-4-5-11(9)6-8/h2-6H,7H2,1H3. The van der Waals surface area contributed by atoms with Crippen LogP contribution in [-0.4, -0.2) is 24.1 Å². The number of rotatable bonds is 3. The van der Waals surface area contributed by atoms with Crippen molar-refractivity contribution in [3.8, 4) is 0 Å². The van der Waals surface area contributed by atoms with Gasteiger partial charge in [-0.15, -0.1) is 0 Å². The number of aromatic nitrogens is 2. The highest BCUT2D eigenvalue weighted by atomic mass is 32.2. The van der Waals surface area contributed by atoms with E-state index in [9.17, 15) is 8.42 Å². The summed E-state index contributed by atoms with van der Waals surface area (Å²) in [5, 5.41) is 0. The lowest BCUT2D eigenvalue weighted by molar-refractivity contribution is 0.311. The molecule has 2 aromatic heterocycles. The Balaban J connectivity index is 2.21. The summed E-state index contributed by atoms with van der Waals surface area (Å²) in [5.41, 5.74) is 1.60. The molecule has 0 N–H and O–H groups in total. The van der Waals surface area contributed by atoms with Gasteiger partial charge in [0.05, 0.1) is 12.9 Å². The highest BCUT2D eigenvalue weighted by molar-refractivity contribution is 7.85. The summed E-state index contributed by atoms with van der Waals surface area (Å²) in [6.07, 6.45) is 6.28. The van der Waals surface area contributed by atoms with Crippen LogP contribution in [0, 0.1) is 0 Å². The number of fused-ring (bicyclic) bond motifs is 1. The van der Waals surface area contributed by atoms with Gasteiger partial charge >= 0.3 is 0 Å². The fraction of sp³-hybridized carbons (Fsp3) is 0.222. The molecule has 0 spiro atoms. The van der Waals surface area contributed by atoms with Crippen molar-refractivity contribution in [2.45, 2.75) is 6.61 Å². The van der Waals surface area contributed by atoms with E-state index in [0.717, 1.165) is 17.5 Å². The fourth-order valence-corrected chi connectivity index (χ4v) is 1.58. The van der Waals surface area contributed by atoms with E-state index in [2.05, 4.69) is 9.17 Å². The van der Waals surface area contributed by atoms with Crippen molar-refractivity contribution < 1.29 is 12.6 Å². The molecule has 0 aliphatic carbocycles. The number of nitrogens with zero attached hydrogens (tertiary/aromatic N) is 2. The first-order valence-electron chi connectivity index (χ1n) is 4.30. The molecule has 2 aromatic rings. The second-order valence-electron chi connectivity index (χ2n) is 3.20. The van der Waals surface area contributed by atoms with Crippen LogP contribution in [0.3, 0.4) is 0 Å². The second-order valence-corrected chi connectivity index (χ2v) is 4.84. The monoisotopic (exact) mass is 226 g/mol. The third-order valence-corrected chi connectivity index (χ3v) is 2.44. The van der Waals surface area contributed by atoms with Crippen LogP contribution < -0.4 is 0 Å². The highest BCUT2D eigenvalue weighted by Gasteiger charge is 2.03. The normalized spacial score (nSPS) is 12.1. The number of imidazole rings is 1. The molecule has 80 valence electrons. The zero-order valence-electron chi connectivity index (χ0n) is 8.12. The summed E-state index contributed by atoms with van der Waals surface area (Å²) in [6, 6.07) is 3.59. The van der Waals surface area contributed by atoms with Crippen molar-refractivity contribution >= 4 is 15.8 Å². The van der Waals surface area contributed by atoms with E-state index in [0.29, 0.717) is 0 Å². The molecule has 0 aromatic carbocycles. The Morgan fingerprint density at radius 3 is 3.00 bits per heavy atom. The molecule has 5 nitrogen and oxygen atoms in total. The maximum absolute atomic E-state index is 10.8. The van der Waals surface area contributed by atoms with Gasteiger partial charge in [-0.25, -0.2) is 4.98 Å². The van der Waals surface area contributed by atoms with E-state index in [1.54, 1.807) is 35.1 Å². The molecular formula is C9H10N2O3S. The smallest absolute Gasteiger partial charge is 0.264 e. The first-order valence-corrected chi connectivity index (χ1v) is 6.12. The zero-order valence-corrected chi connectivity index (χ0v) is 8.94. The molecule has 0 aliphatic heterocycles. The largest absolute Gasteiger partial charge is 0.307 e. The summed E-state index contributed by atoms with van der Waals surface area (Å²) < 4.78 is 28.0. The molecule has 0 bridgehead atoms. The van der Waals surface area contributed by atoms with Gasteiger partial charge in [0.1, 0.15) is 5.65 Å². The van der Waals surface area contributed by atoms with Crippen LogP contribution >= 0.6 is 0 Å². The summed E-state index contributed by atoms with van der Waals surface area (Å²) >= 11 is 0. The van der Waals surface area contributed by atoms with Crippen molar-refractivity contribution in [3.63, 3.8) is 0 Å². The Bertz CT molecular complexity index is 574. The van der Waals surface area contributed by atoms with Gasteiger partial charge in [-0.2, -0.15) is 8.42 Å². The van der Waals surface area contributed by atoms with Gasteiger partial charge in [0.25, 0.3) is 10.1 Å². The quantitative estimate of drug-likeness (QED) is 0.727. The van der Waals surface area contributed by atoms with Crippen LogP contribution in [0.15, 0.2) is 30.7 Å². The molecular weight excluding hydrogens is 216 g/mol. The van der Waals surface area contributed by atoms with E-state index in [1.165, 1.54) is 0 Å². The van der Waals surface area contributed by atoms with E-state index in [4.69, 9.17) is 0 Å². The average molecular weight is 226 g/mol. The summed E-state index contributed by atoms with van der Waals surface area (Å²) in [7, 11) is -3.39. The van der Waals surface area contributed by atoms with E-state index < -0.39 is 10.1 Å². The fourth-order valence-electron chi connectivity index (χ4n) is 1.23. The first-order chi connectivity index (χ1) is 7.04. The van der Waals surface area contributed by atoms with Crippen molar-refractivity contribution in [3.05, 3.63) is 36.3 Å². The Kier molecular flexibility index (Phi) is 2.45. The van der Waals surface area contributed by atoms with Crippen molar-refractivity contribution in [1.29, 1.82) is 0 Å². The van der Waals surface area contributed by atoms with Gasteiger partial charge < -0.3 is 4.40 Å². The third kappa shape index (κ3) is 2.54. The summed E-state index contributed by atoms with van der Waals surface area (Å²) in [4.78, 5) is 4.07. The maximum atomic E-state index is 10.8. The molecule has 2 heterocycles. The van der Waals surface area contributed by atoms with E-state index in [1.807, 2.05) is 0 Å². The number of hydrogen-bond donors (Lipinski definition) is 0. The molecule has 15 heavy (non-hydrogen) atoms. The SMILES string of the molecule is CS(=O)(=O)OCc1ccc2nccn2c1. The zero-order chi connectivity index (χ0) is 10.9. The Labute approximate surface area is 87.4 Å². The molecule has 0 amide bonds. The minimum absolute atomic E-state index is 0.0486. The lowest BCUT2D eigenvalue weighted by Crippen LogP contribution is -2.03. The Morgan fingerprint density at radius 2 is 2.27 bits per heavy atom. The average Bonchev–Trinajstić information content (AvgIpc) is 2.60. The molecule has 0 saturated carbocycles. The predicted molar refractivity (Wildman–Crippen MR) is 54.8 cm³/mol. The summed E-state index contributed by atoms with van der Waals surface area (Å²) in [6.45, 7) is 0.0486. The summed E-state index contributed by atoms with van der Waals surface area (Å²) in [5.74, 6) is 0. The molecule has 0 atom stereocenters. The minimum atomic E-state index is -3.39. The van der Waals surface area contributed by atoms with Crippen molar-refractivity contribution in [1.82, 2.24) is 9.38 Å². The van der Waals surface area contributed by atoms with Gasteiger partial charge in [0, 0.05) is 18.6 Å². The van der Waals surface area contributed by atoms with Crippen LogP contribution in [0.25, 0.3) is 5.65 Å². The molecule has 0 fully saturated rings. The van der Waals surface area contributed by atoms with E-state index >= 15 is 0 Å². The van der Waals surface area contributed by atoms with Crippen LogP contribution in [0.2, 0.25) is 0 Å². The van der Waals surface area contributed by atoms with Crippen molar-refractivity contribution in [2.75, 3.05) is 6.26 Å². The van der Waals surface area contributed by atoms with Gasteiger partial charge in [-0.3, -0.25) is 4.18 Å². The van der Waals surface area contributed by atoms with Crippen LogP contribution in [0.5, 0.6) is 0 Å². The van der Waals surface area contributed by atoms with Crippen molar-refractivity contribution in [2.24, 2.45) is 0 Å². The molecule has 0 radical (unpaired) electrons. The van der Waals surface area contributed by atoms with E-state index in [-0.39, 0.29) is 6.61 Å². The predicted octanol–water partition coefficient (Wildman–Crippen LogP) is 0.811. The second kappa shape index (κ2) is 3.63. The van der Waals surface area contributed by atoms with Gasteiger partial charge in [0.2, 0.25) is 0 Å². The molecule has 0 saturated heterocycles. The maximum Gasteiger partial charge on any atom is 0.264 e. The minimum Gasteiger partial charge on any atom is -0.307 e. The van der Waals surface area contributed by atoms with Gasteiger partial charge in [-0.05, 0) is 11.6 Å². The van der Waals surface area contributed by atoms with Crippen LogP contribution in [0.1, 0.15) is 5.56 Å². The first kappa shape index (κ1) is 10.1. The molecule has 0 aliphatic rings.